The normalized spacial score (nSPS) is 13.8. The second kappa shape index (κ2) is 4.74. The number of rotatable bonds is 3. The maximum absolute atomic E-state index is 12.2. The molecule has 11 heteroatoms. The van der Waals surface area contributed by atoms with Gasteiger partial charge in [0, 0.05) is 0 Å². The molecule has 0 radical (unpaired) electrons. The van der Waals surface area contributed by atoms with Crippen LogP contribution in [0.3, 0.4) is 0 Å². The van der Waals surface area contributed by atoms with Gasteiger partial charge < -0.3 is 0 Å². The van der Waals surface area contributed by atoms with E-state index in [-0.39, 0.29) is 0 Å². The number of hydrogen-bond donors (Lipinski definition) is 1. The molecule has 0 saturated heterocycles. The molecule has 0 saturated carbocycles. The summed E-state index contributed by atoms with van der Waals surface area (Å²) in [6.07, 6.45) is 0. The van der Waals surface area contributed by atoms with Crippen molar-refractivity contribution < 1.29 is 30.0 Å². The standard InChI is InChI=1S/C8H9F3N2O4S2/c1-6-2-4-7(5-3-6)18(14,15)13(12)19(16,17)8(9,10)11/h2-5H,12H2,1H3. The Morgan fingerprint density at radius 1 is 1.05 bits per heavy atom. The van der Waals surface area contributed by atoms with Gasteiger partial charge in [0.1, 0.15) is 0 Å². The quantitative estimate of drug-likeness (QED) is 0.654. The van der Waals surface area contributed by atoms with Crippen LogP contribution in [0.2, 0.25) is 0 Å². The summed E-state index contributed by atoms with van der Waals surface area (Å²) in [5.41, 5.74) is -5.17. The Kier molecular flexibility index (Phi) is 3.96. The first-order chi connectivity index (χ1) is 8.40. The molecule has 0 aliphatic rings. The fourth-order valence-electron chi connectivity index (χ4n) is 1.05. The highest BCUT2D eigenvalue weighted by Crippen LogP contribution is 2.28. The molecule has 6 nitrogen and oxygen atoms in total. The Balaban J connectivity index is 3.33. The number of nitrogens with zero attached hydrogens (tertiary/aromatic N) is 1. The number of sulfonamides is 2. The first-order valence-electron chi connectivity index (χ1n) is 4.59. The van der Waals surface area contributed by atoms with E-state index < -0.39 is 34.3 Å². The van der Waals surface area contributed by atoms with Crippen LogP contribution in [-0.4, -0.2) is 26.2 Å². The van der Waals surface area contributed by atoms with Gasteiger partial charge in [0.25, 0.3) is 10.0 Å². The molecule has 19 heavy (non-hydrogen) atoms. The van der Waals surface area contributed by atoms with Crippen molar-refractivity contribution in [2.45, 2.75) is 17.3 Å². The molecule has 0 aliphatic heterocycles. The van der Waals surface area contributed by atoms with Crippen molar-refractivity contribution in [2.75, 3.05) is 0 Å². The summed E-state index contributed by atoms with van der Waals surface area (Å²) in [5, 5.41) is 0. The minimum absolute atomic E-state index is 0.640. The monoisotopic (exact) mass is 318 g/mol. The average Bonchev–Trinajstić information content (AvgIpc) is 2.27. The summed E-state index contributed by atoms with van der Waals surface area (Å²) >= 11 is 0. The van der Waals surface area contributed by atoms with E-state index in [2.05, 4.69) is 5.84 Å². The molecule has 1 aromatic rings. The van der Waals surface area contributed by atoms with Crippen molar-refractivity contribution in [3.05, 3.63) is 29.8 Å². The van der Waals surface area contributed by atoms with Gasteiger partial charge in [-0.2, -0.15) is 13.2 Å². The molecule has 108 valence electrons. The summed E-state index contributed by atoms with van der Waals surface area (Å²) < 4.78 is 80.7. The van der Waals surface area contributed by atoms with Gasteiger partial charge in [-0.3, -0.25) is 0 Å². The molecule has 2 N–H and O–H groups in total. The van der Waals surface area contributed by atoms with Crippen molar-refractivity contribution >= 4 is 20.0 Å². The SMILES string of the molecule is Cc1ccc(S(=O)(=O)N(N)S(=O)(=O)C(F)(F)F)cc1. The molecule has 0 amide bonds. The molecule has 0 bridgehead atoms. The zero-order valence-corrected chi connectivity index (χ0v) is 11.1. The average molecular weight is 318 g/mol. The molecule has 0 atom stereocenters. The second-order valence-corrected chi connectivity index (χ2v) is 7.35. The summed E-state index contributed by atoms with van der Waals surface area (Å²) in [5.74, 6) is 4.62. The molecule has 0 unspecified atom stereocenters. The van der Waals surface area contributed by atoms with Crippen LogP contribution in [0.25, 0.3) is 0 Å². The van der Waals surface area contributed by atoms with Crippen LogP contribution < -0.4 is 5.84 Å². The summed E-state index contributed by atoms with van der Waals surface area (Å²) in [7, 11) is -11.2. The van der Waals surface area contributed by atoms with Gasteiger partial charge in [0.2, 0.25) is 0 Å². The molecule has 0 aromatic heterocycles. The lowest BCUT2D eigenvalue weighted by Gasteiger charge is -2.18. The summed E-state index contributed by atoms with van der Waals surface area (Å²) in [6, 6.07) is 4.49. The van der Waals surface area contributed by atoms with Crippen molar-refractivity contribution in [3.8, 4) is 0 Å². The van der Waals surface area contributed by atoms with Gasteiger partial charge in [0.15, 0.2) is 0 Å². The Hall–Kier alpha value is -1.17. The molecule has 0 heterocycles. The van der Waals surface area contributed by atoms with E-state index in [0.29, 0.717) is 5.56 Å². The van der Waals surface area contributed by atoms with E-state index in [4.69, 9.17) is 0 Å². The van der Waals surface area contributed by atoms with E-state index in [1.54, 1.807) is 6.92 Å². The van der Waals surface area contributed by atoms with E-state index >= 15 is 0 Å². The number of alkyl halides is 3. The van der Waals surface area contributed by atoms with Crippen molar-refractivity contribution in [1.82, 2.24) is 3.82 Å². The minimum atomic E-state index is -6.17. The first kappa shape index (κ1) is 15.9. The van der Waals surface area contributed by atoms with Crippen molar-refractivity contribution in [2.24, 2.45) is 5.84 Å². The van der Waals surface area contributed by atoms with Gasteiger partial charge in [-0.05, 0) is 22.9 Å². The third-order valence-electron chi connectivity index (χ3n) is 2.09. The lowest BCUT2D eigenvalue weighted by Crippen LogP contribution is -2.48. The number of nitrogens with two attached hydrogens (primary N) is 1. The maximum Gasteiger partial charge on any atom is 0.513 e. The third-order valence-corrected chi connectivity index (χ3v) is 5.66. The third kappa shape index (κ3) is 2.88. The molecule has 1 rings (SSSR count). The molecule has 0 fully saturated rings. The predicted octanol–water partition coefficient (Wildman–Crippen LogP) is 0.709. The van der Waals surface area contributed by atoms with Crippen LogP contribution >= 0.6 is 0 Å². The largest absolute Gasteiger partial charge is 0.513 e. The number of halogens is 3. The van der Waals surface area contributed by atoms with E-state index in [9.17, 15) is 30.0 Å². The molecular weight excluding hydrogens is 309 g/mol. The van der Waals surface area contributed by atoms with E-state index in [0.717, 1.165) is 12.1 Å². The lowest BCUT2D eigenvalue weighted by molar-refractivity contribution is -0.0469. The van der Waals surface area contributed by atoms with Crippen LogP contribution in [0.5, 0.6) is 0 Å². The lowest BCUT2D eigenvalue weighted by atomic mass is 10.2. The van der Waals surface area contributed by atoms with E-state index in [1.807, 2.05) is 0 Å². The number of hydrogen-bond acceptors (Lipinski definition) is 5. The maximum atomic E-state index is 12.2. The van der Waals surface area contributed by atoms with Crippen molar-refractivity contribution in [3.63, 3.8) is 0 Å². The fraction of sp³-hybridized carbons (Fsp3) is 0.250. The minimum Gasteiger partial charge on any atom is -0.240 e. The van der Waals surface area contributed by atoms with Gasteiger partial charge in [-0.25, -0.2) is 22.7 Å². The Morgan fingerprint density at radius 3 is 1.84 bits per heavy atom. The van der Waals surface area contributed by atoms with Gasteiger partial charge in [-0.1, -0.05) is 17.7 Å². The topological polar surface area (TPSA) is 97.5 Å². The Bertz CT molecular complexity index is 665. The van der Waals surface area contributed by atoms with E-state index in [1.165, 1.54) is 12.1 Å². The first-order valence-corrected chi connectivity index (χ1v) is 7.47. The Morgan fingerprint density at radius 2 is 1.47 bits per heavy atom. The summed E-state index contributed by atoms with van der Waals surface area (Å²) in [6.45, 7) is 1.61. The Labute approximate surface area is 107 Å². The molecule has 0 spiro atoms. The number of benzene rings is 1. The molecule has 0 aliphatic carbocycles. The highest BCUT2D eigenvalue weighted by molar-refractivity contribution is 8.04. The molecular formula is C8H9F3N2O4S2. The van der Waals surface area contributed by atoms with Crippen molar-refractivity contribution in [1.29, 1.82) is 0 Å². The number of hydrazine groups is 1. The fourth-order valence-corrected chi connectivity index (χ4v) is 3.48. The number of aryl methyl sites for hydroxylation is 1. The van der Waals surface area contributed by atoms with Gasteiger partial charge in [-0.15, -0.1) is 0 Å². The highest BCUT2D eigenvalue weighted by atomic mass is 32.3. The van der Waals surface area contributed by atoms with Crippen LogP contribution in [0, 0.1) is 6.92 Å². The predicted molar refractivity (Wildman–Crippen MR) is 59.4 cm³/mol. The van der Waals surface area contributed by atoms with Crippen LogP contribution in [-0.2, 0) is 20.0 Å². The highest BCUT2D eigenvalue weighted by Gasteiger charge is 2.53. The smallest absolute Gasteiger partial charge is 0.240 e. The van der Waals surface area contributed by atoms with Crippen LogP contribution in [0.15, 0.2) is 29.2 Å². The zero-order chi connectivity index (χ0) is 15.1. The van der Waals surface area contributed by atoms with Crippen LogP contribution in [0.4, 0.5) is 13.2 Å². The van der Waals surface area contributed by atoms with Crippen LogP contribution in [0.1, 0.15) is 5.56 Å². The summed E-state index contributed by atoms with van der Waals surface area (Å²) in [4.78, 5) is -0.659. The van der Waals surface area contributed by atoms with Gasteiger partial charge >= 0.3 is 15.5 Å². The van der Waals surface area contributed by atoms with Gasteiger partial charge in [0.05, 0.1) is 4.90 Å². The zero-order valence-electron chi connectivity index (χ0n) is 9.42. The second-order valence-electron chi connectivity index (χ2n) is 3.49. The molecule has 1 aromatic carbocycles.